The Kier molecular flexibility index (Phi) is 11.5. The Hall–Kier alpha value is -2.95. The molecule has 0 radical (unpaired) electrons. The molecule has 3 rings (SSSR count). The Morgan fingerprint density at radius 3 is 1.74 bits per heavy atom. The van der Waals surface area contributed by atoms with Crippen molar-refractivity contribution in [2.45, 2.75) is 77.8 Å². The molecule has 1 aromatic heterocycles. The molecule has 1 atom stereocenters. The van der Waals surface area contributed by atoms with Crippen LogP contribution in [0.3, 0.4) is 0 Å². The van der Waals surface area contributed by atoms with Crippen LogP contribution in [0.15, 0.2) is 60.9 Å². The highest BCUT2D eigenvalue weighted by molar-refractivity contribution is 5.64. The van der Waals surface area contributed by atoms with E-state index in [1.165, 1.54) is 58.3 Å². The van der Waals surface area contributed by atoms with Gasteiger partial charge in [0.2, 0.25) is 0 Å². The molecule has 5 heteroatoms. The van der Waals surface area contributed by atoms with Crippen LogP contribution >= 0.6 is 0 Å². The summed E-state index contributed by atoms with van der Waals surface area (Å²) in [6.07, 6.45) is 14.4. The number of alkyl halides is 1. The third-order valence-electron chi connectivity index (χ3n) is 5.95. The molecule has 1 unspecified atom stereocenters. The van der Waals surface area contributed by atoms with E-state index in [1.807, 2.05) is 60.9 Å². The van der Waals surface area contributed by atoms with E-state index in [4.69, 9.17) is 9.47 Å². The van der Waals surface area contributed by atoms with Crippen LogP contribution in [0.1, 0.15) is 71.6 Å². The molecule has 0 aliphatic rings. The van der Waals surface area contributed by atoms with E-state index >= 15 is 0 Å². The monoisotopic (exact) mass is 478 g/mol. The molecule has 0 aliphatic heterocycles. The molecule has 4 nitrogen and oxygen atoms in total. The van der Waals surface area contributed by atoms with Crippen molar-refractivity contribution in [2.75, 3.05) is 13.2 Å². The molecule has 1 heterocycles. The van der Waals surface area contributed by atoms with Crippen LogP contribution < -0.4 is 9.47 Å². The average molecular weight is 479 g/mol. The molecular weight excluding hydrogens is 439 g/mol. The molecule has 0 aliphatic carbocycles. The molecule has 0 N–H and O–H groups in total. The highest BCUT2D eigenvalue weighted by Crippen LogP contribution is 2.24. The number of ether oxygens (including phenoxy) is 2. The fourth-order valence-corrected chi connectivity index (χ4v) is 3.88. The van der Waals surface area contributed by atoms with Gasteiger partial charge in [-0.1, -0.05) is 70.4 Å². The van der Waals surface area contributed by atoms with Crippen molar-refractivity contribution < 1.29 is 13.9 Å². The summed E-state index contributed by atoms with van der Waals surface area (Å²) in [7, 11) is 0. The Bertz CT molecular complexity index is 957. The summed E-state index contributed by atoms with van der Waals surface area (Å²) in [6.45, 7) is 4.56. The topological polar surface area (TPSA) is 44.2 Å². The molecule has 0 bridgehead atoms. The first-order valence-electron chi connectivity index (χ1n) is 13.1. The summed E-state index contributed by atoms with van der Waals surface area (Å²) >= 11 is 0. The Morgan fingerprint density at radius 2 is 1.17 bits per heavy atom. The minimum absolute atomic E-state index is 0.0558. The van der Waals surface area contributed by atoms with Crippen molar-refractivity contribution in [2.24, 2.45) is 0 Å². The summed E-state index contributed by atoms with van der Waals surface area (Å²) < 4.78 is 24.2. The SMILES string of the molecule is CCCCCCCCCCCOc1ccc(-c2ncc(-c3ccc(OCC(C)F)cc3)cn2)cc1. The van der Waals surface area contributed by atoms with E-state index in [9.17, 15) is 4.39 Å². The lowest BCUT2D eigenvalue weighted by atomic mass is 10.1. The lowest BCUT2D eigenvalue weighted by Crippen LogP contribution is -2.08. The smallest absolute Gasteiger partial charge is 0.159 e. The van der Waals surface area contributed by atoms with Gasteiger partial charge in [0.1, 0.15) is 24.3 Å². The van der Waals surface area contributed by atoms with Gasteiger partial charge in [0.15, 0.2) is 5.82 Å². The number of unbranched alkanes of at least 4 members (excludes halogenated alkanes) is 8. The molecule has 3 aromatic rings. The van der Waals surface area contributed by atoms with Gasteiger partial charge in [-0.05, 0) is 55.3 Å². The molecule has 35 heavy (non-hydrogen) atoms. The largest absolute Gasteiger partial charge is 0.494 e. The van der Waals surface area contributed by atoms with Crippen molar-refractivity contribution in [3.8, 4) is 34.0 Å². The molecule has 188 valence electrons. The molecular formula is C30H39FN2O2. The first kappa shape index (κ1) is 26.7. The molecule has 0 amide bonds. The van der Waals surface area contributed by atoms with Gasteiger partial charge in [-0.15, -0.1) is 0 Å². The van der Waals surface area contributed by atoms with Crippen molar-refractivity contribution in [3.63, 3.8) is 0 Å². The van der Waals surface area contributed by atoms with Crippen molar-refractivity contribution in [1.82, 2.24) is 9.97 Å². The molecule has 0 saturated carbocycles. The van der Waals surface area contributed by atoms with Gasteiger partial charge in [-0.3, -0.25) is 0 Å². The Balaban J connectivity index is 1.40. The standard InChI is InChI=1S/C30H39FN2O2/c1-3-4-5-6-7-8-9-10-11-20-34-28-18-14-26(15-19-28)30-32-21-27(22-33-30)25-12-16-29(17-13-25)35-23-24(2)31/h12-19,21-22,24H,3-11,20,23H2,1-2H3. The lowest BCUT2D eigenvalue weighted by molar-refractivity contribution is 0.210. The van der Waals surface area contributed by atoms with Crippen LogP contribution in [-0.4, -0.2) is 29.4 Å². The number of hydrogen-bond acceptors (Lipinski definition) is 4. The zero-order valence-corrected chi connectivity index (χ0v) is 21.2. The molecule has 0 fully saturated rings. The maximum Gasteiger partial charge on any atom is 0.159 e. The Labute approximate surface area is 209 Å². The summed E-state index contributed by atoms with van der Waals surface area (Å²) in [6, 6.07) is 15.5. The highest BCUT2D eigenvalue weighted by Gasteiger charge is 2.05. The van der Waals surface area contributed by atoms with Crippen molar-refractivity contribution >= 4 is 0 Å². The number of nitrogens with zero attached hydrogens (tertiary/aromatic N) is 2. The summed E-state index contributed by atoms with van der Waals surface area (Å²) in [5.74, 6) is 2.21. The quantitative estimate of drug-likeness (QED) is 0.194. The zero-order chi connectivity index (χ0) is 24.7. The van der Waals surface area contributed by atoms with Crippen LogP contribution in [0.4, 0.5) is 4.39 Å². The Morgan fingerprint density at radius 1 is 0.657 bits per heavy atom. The zero-order valence-electron chi connectivity index (χ0n) is 21.2. The van der Waals surface area contributed by atoms with Crippen LogP contribution in [0.5, 0.6) is 11.5 Å². The second-order valence-electron chi connectivity index (χ2n) is 9.11. The number of aromatic nitrogens is 2. The highest BCUT2D eigenvalue weighted by atomic mass is 19.1. The van der Waals surface area contributed by atoms with E-state index in [0.29, 0.717) is 11.6 Å². The minimum Gasteiger partial charge on any atom is -0.494 e. The van der Waals surface area contributed by atoms with Gasteiger partial charge in [-0.25, -0.2) is 14.4 Å². The molecule has 0 spiro atoms. The van der Waals surface area contributed by atoms with Gasteiger partial charge in [-0.2, -0.15) is 0 Å². The minimum atomic E-state index is -0.990. The van der Waals surface area contributed by atoms with E-state index in [0.717, 1.165) is 35.5 Å². The molecule has 0 saturated heterocycles. The van der Waals surface area contributed by atoms with E-state index < -0.39 is 6.17 Å². The van der Waals surface area contributed by atoms with Gasteiger partial charge >= 0.3 is 0 Å². The van der Waals surface area contributed by atoms with Crippen LogP contribution in [0.25, 0.3) is 22.5 Å². The van der Waals surface area contributed by atoms with Crippen LogP contribution in [0.2, 0.25) is 0 Å². The van der Waals surface area contributed by atoms with Crippen LogP contribution in [-0.2, 0) is 0 Å². The predicted octanol–water partition coefficient (Wildman–Crippen LogP) is 8.46. The summed E-state index contributed by atoms with van der Waals surface area (Å²) in [5, 5.41) is 0. The van der Waals surface area contributed by atoms with E-state index in [1.54, 1.807) is 0 Å². The van der Waals surface area contributed by atoms with Gasteiger partial charge in [0.05, 0.1) is 6.61 Å². The third kappa shape index (κ3) is 9.67. The van der Waals surface area contributed by atoms with Gasteiger partial charge < -0.3 is 9.47 Å². The maximum atomic E-state index is 12.9. The fourth-order valence-electron chi connectivity index (χ4n) is 3.88. The molecule has 2 aromatic carbocycles. The second-order valence-corrected chi connectivity index (χ2v) is 9.11. The first-order chi connectivity index (χ1) is 17.2. The van der Waals surface area contributed by atoms with Crippen molar-refractivity contribution in [1.29, 1.82) is 0 Å². The number of hydrogen-bond donors (Lipinski definition) is 0. The van der Waals surface area contributed by atoms with E-state index in [-0.39, 0.29) is 6.61 Å². The summed E-state index contributed by atoms with van der Waals surface area (Å²) in [4.78, 5) is 9.06. The van der Waals surface area contributed by atoms with E-state index in [2.05, 4.69) is 16.9 Å². The van der Waals surface area contributed by atoms with Crippen LogP contribution in [0, 0.1) is 0 Å². The number of benzene rings is 2. The third-order valence-corrected chi connectivity index (χ3v) is 5.95. The number of halogens is 1. The maximum absolute atomic E-state index is 12.9. The van der Waals surface area contributed by atoms with Gasteiger partial charge in [0, 0.05) is 23.5 Å². The van der Waals surface area contributed by atoms with Gasteiger partial charge in [0.25, 0.3) is 0 Å². The first-order valence-corrected chi connectivity index (χ1v) is 13.1. The second kappa shape index (κ2) is 15.1. The normalized spacial score (nSPS) is 11.9. The predicted molar refractivity (Wildman–Crippen MR) is 142 cm³/mol. The average Bonchev–Trinajstić information content (AvgIpc) is 2.89. The lowest BCUT2D eigenvalue weighted by Gasteiger charge is -2.08. The fraction of sp³-hybridized carbons (Fsp3) is 0.467. The summed E-state index contributed by atoms with van der Waals surface area (Å²) in [5.41, 5.74) is 2.86. The number of rotatable bonds is 16. The van der Waals surface area contributed by atoms with Crippen molar-refractivity contribution in [3.05, 3.63) is 60.9 Å².